The molecule has 1 aromatic carbocycles. The smallest absolute Gasteiger partial charge is 0.335 e. The van der Waals surface area contributed by atoms with Gasteiger partial charge in [0.15, 0.2) is 0 Å². The summed E-state index contributed by atoms with van der Waals surface area (Å²) in [5.74, 6) is 0.0301. The fourth-order valence-corrected chi connectivity index (χ4v) is 3.27. The van der Waals surface area contributed by atoms with E-state index in [9.17, 15) is 13.8 Å². The molecule has 1 heterocycles. The molecule has 102 valence electrons. The van der Waals surface area contributed by atoms with Crippen molar-refractivity contribution in [3.05, 3.63) is 35.4 Å². The van der Waals surface area contributed by atoms with Gasteiger partial charge in [-0.05, 0) is 37.1 Å². The van der Waals surface area contributed by atoms with Crippen molar-refractivity contribution in [2.24, 2.45) is 0 Å². The zero-order valence-corrected chi connectivity index (χ0v) is 11.1. The van der Waals surface area contributed by atoms with Gasteiger partial charge in [0, 0.05) is 33.9 Å². The van der Waals surface area contributed by atoms with E-state index in [-0.39, 0.29) is 17.5 Å². The molecule has 0 unspecified atom stereocenters. The molecule has 0 saturated carbocycles. The predicted octanol–water partition coefficient (Wildman–Crippen LogP) is 1.03. The van der Waals surface area contributed by atoms with Crippen LogP contribution in [0.2, 0.25) is 0 Å². The highest BCUT2D eigenvalue weighted by Gasteiger charge is 2.20. The summed E-state index contributed by atoms with van der Waals surface area (Å²) < 4.78 is 11.2. The number of carbonyl (C=O) groups is 2. The lowest BCUT2D eigenvalue weighted by atomic mass is 10.1. The number of carboxylic acid groups (broad SMARTS) is 1. The summed E-state index contributed by atoms with van der Waals surface area (Å²) in [4.78, 5) is 22.6. The van der Waals surface area contributed by atoms with Gasteiger partial charge in [-0.1, -0.05) is 0 Å². The van der Waals surface area contributed by atoms with Crippen molar-refractivity contribution in [1.82, 2.24) is 5.32 Å². The Labute approximate surface area is 113 Å². The zero-order valence-electron chi connectivity index (χ0n) is 10.3. The van der Waals surface area contributed by atoms with Gasteiger partial charge in [-0.3, -0.25) is 9.00 Å². The average Bonchev–Trinajstić information content (AvgIpc) is 2.41. The van der Waals surface area contributed by atoms with Gasteiger partial charge in [0.25, 0.3) is 5.91 Å². The Morgan fingerprint density at radius 1 is 1.11 bits per heavy atom. The van der Waals surface area contributed by atoms with Crippen molar-refractivity contribution in [1.29, 1.82) is 0 Å². The van der Waals surface area contributed by atoms with E-state index >= 15 is 0 Å². The fourth-order valence-electron chi connectivity index (χ4n) is 1.97. The first-order valence-electron chi connectivity index (χ1n) is 6.05. The number of carbonyl (C=O) groups excluding carboxylic acids is 1. The molecule has 1 aliphatic rings. The van der Waals surface area contributed by atoms with Gasteiger partial charge in [0.2, 0.25) is 0 Å². The van der Waals surface area contributed by atoms with Gasteiger partial charge in [-0.25, -0.2) is 4.79 Å². The van der Waals surface area contributed by atoms with Crippen LogP contribution in [0.1, 0.15) is 33.6 Å². The first-order valence-corrected chi connectivity index (χ1v) is 7.54. The Morgan fingerprint density at radius 3 is 2.16 bits per heavy atom. The minimum absolute atomic E-state index is 0.0596. The third kappa shape index (κ3) is 3.64. The molecule has 1 amide bonds. The van der Waals surface area contributed by atoms with Gasteiger partial charge >= 0.3 is 5.97 Å². The van der Waals surface area contributed by atoms with Crippen LogP contribution in [0.5, 0.6) is 0 Å². The topological polar surface area (TPSA) is 83.5 Å². The van der Waals surface area contributed by atoms with E-state index in [0.717, 1.165) is 12.8 Å². The van der Waals surface area contributed by atoms with Crippen molar-refractivity contribution in [2.75, 3.05) is 11.5 Å². The molecule has 2 rings (SSSR count). The molecule has 5 nitrogen and oxygen atoms in total. The number of hydrogen-bond acceptors (Lipinski definition) is 3. The molecule has 1 saturated heterocycles. The summed E-state index contributed by atoms with van der Waals surface area (Å²) >= 11 is 0. The van der Waals surface area contributed by atoms with Crippen molar-refractivity contribution < 1.29 is 18.9 Å². The molecule has 0 aromatic heterocycles. The van der Waals surface area contributed by atoms with E-state index in [2.05, 4.69) is 5.32 Å². The van der Waals surface area contributed by atoms with Crippen LogP contribution in [0.25, 0.3) is 0 Å². The fraction of sp³-hybridized carbons (Fsp3) is 0.385. The molecule has 19 heavy (non-hydrogen) atoms. The third-order valence-electron chi connectivity index (χ3n) is 3.12. The average molecular weight is 281 g/mol. The Kier molecular flexibility index (Phi) is 4.31. The first-order chi connectivity index (χ1) is 9.06. The summed E-state index contributed by atoms with van der Waals surface area (Å²) in [6.45, 7) is 0. The van der Waals surface area contributed by atoms with E-state index in [1.54, 1.807) is 0 Å². The Hall–Kier alpha value is -1.69. The van der Waals surface area contributed by atoms with Crippen molar-refractivity contribution in [2.45, 2.75) is 18.9 Å². The molecule has 0 bridgehead atoms. The molecule has 2 N–H and O–H groups in total. The van der Waals surface area contributed by atoms with Crippen LogP contribution in [-0.4, -0.2) is 38.7 Å². The van der Waals surface area contributed by atoms with E-state index in [4.69, 9.17) is 5.11 Å². The highest BCUT2D eigenvalue weighted by atomic mass is 32.2. The standard InChI is InChI=1S/C13H15NO4S/c15-12(14-11-5-7-19(18)8-6-11)9-1-3-10(4-2-9)13(16)17/h1-4,11H,5-8H2,(H,14,15)(H,16,17). The summed E-state index contributed by atoms with van der Waals surface area (Å²) in [5, 5.41) is 11.7. The van der Waals surface area contributed by atoms with Crippen LogP contribution in [0, 0.1) is 0 Å². The van der Waals surface area contributed by atoms with Gasteiger partial charge in [0.05, 0.1) is 5.56 Å². The molecule has 0 radical (unpaired) electrons. The second-order valence-electron chi connectivity index (χ2n) is 4.48. The zero-order chi connectivity index (χ0) is 13.8. The molecule has 0 spiro atoms. The monoisotopic (exact) mass is 281 g/mol. The number of hydrogen-bond donors (Lipinski definition) is 2. The molecule has 1 aromatic rings. The van der Waals surface area contributed by atoms with Gasteiger partial charge in [0.1, 0.15) is 0 Å². The summed E-state index contributed by atoms with van der Waals surface area (Å²) in [7, 11) is -0.745. The van der Waals surface area contributed by atoms with Crippen LogP contribution in [0.4, 0.5) is 0 Å². The molecular weight excluding hydrogens is 266 g/mol. The van der Waals surface area contributed by atoms with Crippen molar-refractivity contribution in [3.63, 3.8) is 0 Å². The van der Waals surface area contributed by atoms with Crippen molar-refractivity contribution in [3.8, 4) is 0 Å². The Bertz CT molecular complexity index is 502. The SMILES string of the molecule is O=C(O)c1ccc(C(=O)NC2CCS(=O)CC2)cc1. The number of rotatable bonds is 3. The minimum Gasteiger partial charge on any atom is -0.478 e. The summed E-state index contributed by atoms with van der Waals surface area (Å²) in [6.07, 6.45) is 1.46. The molecule has 1 aliphatic heterocycles. The molecule has 1 fully saturated rings. The Morgan fingerprint density at radius 2 is 1.63 bits per heavy atom. The van der Waals surface area contributed by atoms with Crippen LogP contribution < -0.4 is 5.32 Å². The molecule has 6 heteroatoms. The second-order valence-corrected chi connectivity index (χ2v) is 6.17. The summed E-state index contributed by atoms with van der Waals surface area (Å²) in [6, 6.07) is 5.88. The lowest BCUT2D eigenvalue weighted by Crippen LogP contribution is -2.39. The highest BCUT2D eigenvalue weighted by Crippen LogP contribution is 2.11. The number of amides is 1. The maximum absolute atomic E-state index is 11.9. The number of benzene rings is 1. The molecule has 0 aliphatic carbocycles. The van der Waals surface area contributed by atoms with Gasteiger partial charge in [-0.2, -0.15) is 0 Å². The lowest BCUT2D eigenvalue weighted by molar-refractivity contribution is 0.0696. The molecular formula is C13H15NO4S. The minimum atomic E-state index is -1.01. The number of aromatic carboxylic acids is 1. The van der Waals surface area contributed by atoms with E-state index in [1.807, 2.05) is 0 Å². The van der Waals surface area contributed by atoms with Gasteiger partial charge in [-0.15, -0.1) is 0 Å². The van der Waals surface area contributed by atoms with Crippen molar-refractivity contribution >= 4 is 22.7 Å². The maximum Gasteiger partial charge on any atom is 0.335 e. The third-order valence-corrected chi connectivity index (χ3v) is 4.50. The first kappa shape index (κ1) is 13.7. The van der Waals surface area contributed by atoms with Gasteiger partial charge < -0.3 is 10.4 Å². The van der Waals surface area contributed by atoms with Crippen LogP contribution >= 0.6 is 0 Å². The maximum atomic E-state index is 11.9. The van der Waals surface area contributed by atoms with Crippen LogP contribution in [-0.2, 0) is 10.8 Å². The largest absolute Gasteiger partial charge is 0.478 e. The van der Waals surface area contributed by atoms with E-state index in [0.29, 0.717) is 17.1 Å². The highest BCUT2D eigenvalue weighted by molar-refractivity contribution is 7.85. The number of nitrogens with one attached hydrogen (secondary N) is 1. The summed E-state index contributed by atoms with van der Waals surface area (Å²) in [5.41, 5.74) is 0.598. The normalized spacial score (nSPS) is 22.7. The van der Waals surface area contributed by atoms with Crippen LogP contribution in [0.3, 0.4) is 0 Å². The quantitative estimate of drug-likeness (QED) is 0.866. The van der Waals surface area contributed by atoms with E-state index in [1.165, 1.54) is 24.3 Å². The number of carboxylic acids is 1. The second kappa shape index (κ2) is 5.97. The lowest BCUT2D eigenvalue weighted by Gasteiger charge is -2.22. The Balaban J connectivity index is 1.96. The van der Waals surface area contributed by atoms with Crippen LogP contribution in [0.15, 0.2) is 24.3 Å². The molecule has 0 atom stereocenters. The van der Waals surface area contributed by atoms with E-state index < -0.39 is 16.8 Å². The predicted molar refractivity (Wildman–Crippen MR) is 71.8 cm³/mol.